The number of halogens is 1. The maximum atomic E-state index is 12.9. The molecule has 1 unspecified atom stereocenters. The molecule has 0 aromatic heterocycles. The summed E-state index contributed by atoms with van der Waals surface area (Å²) in [5.41, 5.74) is 0.0743. The summed E-state index contributed by atoms with van der Waals surface area (Å²) < 4.78 is 18.4. The normalized spacial score (nSPS) is 24.9. The lowest BCUT2D eigenvalue weighted by Crippen LogP contribution is -2.51. The van der Waals surface area contributed by atoms with E-state index in [1.54, 1.807) is 4.90 Å². The minimum absolute atomic E-state index is 0.0743. The van der Waals surface area contributed by atoms with Crippen molar-refractivity contribution in [3.8, 4) is 5.75 Å². The third kappa shape index (κ3) is 3.95. The fraction of sp³-hybridized carbons (Fsp3) is 0.550. The molecule has 3 aliphatic rings. The number of benzene rings is 1. The maximum Gasteiger partial charge on any atom is 0.245 e. The Morgan fingerprint density at radius 3 is 2.68 bits per heavy atom. The predicted molar refractivity (Wildman–Crippen MR) is 97.9 cm³/mol. The topological polar surface area (TPSA) is 87.7 Å². The Morgan fingerprint density at radius 2 is 2.04 bits per heavy atom. The number of amides is 3. The summed E-state index contributed by atoms with van der Waals surface area (Å²) in [6.45, 7) is 1.13. The van der Waals surface area contributed by atoms with Gasteiger partial charge in [0.1, 0.15) is 30.3 Å². The number of nitrogens with zero attached hydrogens (tertiary/aromatic N) is 1. The molecule has 2 saturated heterocycles. The highest BCUT2D eigenvalue weighted by Crippen LogP contribution is 2.55. The van der Waals surface area contributed by atoms with Crippen molar-refractivity contribution in [2.45, 2.75) is 44.2 Å². The molecule has 0 radical (unpaired) electrons. The van der Waals surface area contributed by atoms with Gasteiger partial charge in [0.2, 0.25) is 17.7 Å². The molecule has 3 fully saturated rings. The van der Waals surface area contributed by atoms with Crippen LogP contribution in [-0.4, -0.2) is 54.4 Å². The highest BCUT2D eigenvalue weighted by Gasteiger charge is 2.56. The van der Waals surface area contributed by atoms with E-state index in [0.29, 0.717) is 38.1 Å². The van der Waals surface area contributed by atoms with Crippen molar-refractivity contribution in [3.63, 3.8) is 0 Å². The number of ether oxygens (including phenoxy) is 1. The van der Waals surface area contributed by atoms with Gasteiger partial charge in [0.05, 0.1) is 6.54 Å². The monoisotopic (exact) mass is 389 g/mol. The van der Waals surface area contributed by atoms with Gasteiger partial charge in [-0.15, -0.1) is 0 Å². The van der Waals surface area contributed by atoms with Crippen molar-refractivity contribution in [2.75, 3.05) is 19.7 Å². The molecule has 2 N–H and O–H groups in total. The first-order valence-corrected chi connectivity index (χ1v) is 9.72. The molecule has 1 spiro atoms. The van der Waals surface area contributed by atoms with E-state index in [9.17, 15) is 18.8 Å². The van der Waals surface area contributed by atoms with Crippen LogP contribution in [0.4, 0.5) is 4.39 Å². The minimum atomic E-state index is -0.515. The summed E-state index contributed by atoms with van der Waals surface area (Å²) in [7, 11) is 0. The second kappa shape index (κ2) is 7.41. The van der Waals surface area contributed by atoms with Crippen molar-refractivity contribution in [1.82, 2.24) is 15.5 Å². The molecular weight excluding hydrogens is 365 g/mol. The van der Waals surface area contributed by atoms with Crippen molar-refractivity contribution in [1.29, 1.82) is 0 Å². The first-order chi connectivity index (χ1) is 13.5. The smallest absolute Gasteiger partial charge is 0.245 e. The molecule has 7 nitrogen and oxygen atoms in total. The zero-order chi connectivity index (χ0) is 19.7. The predicted octanol–water partition coefficient (Wildman–Crippen LogP) is 0.980. The van der Waals surface area contributed by atoms with Crippen molar-refractivity contribution in [2.24, 2.45) is 5.41 Å². The van der Waals surface area contributed by atoms with Crippen LogP contribution in [0.2, 0.25) is 0 Å². The van der Waals surface area contributed by atoms with Gasteiger partial charge in [0, 0.05) is 13.0 Å². The molecule has 28 heavy (non-hydrogen) atoms. The van der Waals surface area contributed by atoms with Gasteiger partial charge in [0.25, 0.3) is 0 Å². The van der Waals surface area contributed by atoms with Crippen molar-refractivity contribution < 1.29 is 23.5 Å². The number of carbonyl (C=O) groups is 3. The Kier molecular flexibility index (Phi) is 4.95. The van der Waals surface area contributed by atoms with Crippen LogP contribution in [0.5, 0.6) is 5.75 Å². The lowest BCUT2D eigenvalue weighted by atomic mass is 10.0. The van der Waals surface area contributed by atoms with E-state index in [-0.39, 0.29) is 35.6 Å². The van der Waals surface area contributed by atoms with E-state index >= 15 is 0 Å². The quantitative estimate of drug-likeness (QED) is 0.710. The van der Waals surface area contributed by atoms with Crippen LogP contribution in [-0.2, 0) is 14.4 Å². The molecule has 1 aliphatic carbocycles. The number of hydrogen-bond acceptors (Lipinski definition) is 4. The summed E-state index contributed by atoms with van der Waals surface area (Å²) >= 11 is 0. The maximum absolute atomic E-state index is 12.9. The molecule has 4 rings (SSSR count). The molecule has 1 aromatic carbocycles. The number of carbonyl (C=O) groups excluding carboxylic acids is 3. The number of likely N-dealkylation sites (tertiary alicyclic amines) is 1. The standard InChI is InChI=1S/C20H24FN3O4/c21-13-1-3-14(4-2-13)28-10-9-22-18(26)16-11-20(7-8-20)12-24(16)19(27)15-5-6-17(25)23-15/h1-4,15-16H,5-12H2,(H,22,26)(H,23,25)/t15?,16-/m1/s1. The van der Waals surface area contributed by atoms with Crippen LogP contribution in [0, 0.1) is 11.2 Å². The molecule has 1 saturated carbocycles. The van der Waals surface area contributed by atoms with E-state index in [0.717, 1.165) is 12.8 Å². The lowest BCUT2D eigenvalue weighted by Gasteiger charge is -2.26. The fourth-order valence-corrected chi connectivity index (χ4v) is 4.05. The van der Waals surface area contributed by atoms with E-state index < -0.39 is 12.1 Å². The van der Waals surface area contributed by atoms with E-state index in [4.69, 9.17) is 4.74 Å². The summed E-state index contributed by atoms with van der Waals surface area (Å²) in [6.07, 6.45) is 3.58. The van der Waals surface area contributed by atoms with Crippen LogP contribution in [0.25, 0.3) is 0 Å². The van der Waals surface area contributed by atoms with Crippen molar-refractivity contribution >= 4 is 17.7 Å². The molecule has 8 heteroatoms. The second-order valence-corrected chi connectivity index (χ2v) is 7.94. The van der Waals surface area contributed by atoms with Gasteiger partial charge < -0.3 is 20.3 Å². The van der Waals surface area contributed by atoms with Gasteiger partial charge in [-0.2, -0.15) is 0 Å². The Labute approximate surface area is 162 Å². The number of nitrogens with one attached hydrogen (secondary N) is 2. The van der Waals surface area contributed by atoms with Crippen LogP contribution >= 0.6 is 0 Å². The Bertz CT molecular complexity index is 778. The van der Waals surface area contributed by atoms with Gasteiger partial charge in [-0.05, 0) is 55.4 Å². The van der Waals surface area contributed by atoms with Gasteiger partial charge in [-0.3, -0.25) is 14.4 Å². The van der Waals surface area contributed by atoms with E-state index in [1.807, 2.05) is 0 Å². The zero-order valence-corrected chi connectivity index (χ0v) is 15.6. The first-order valence-electron chi connectivity index (χ1n) is 9.72. The SMILES string of the molecule is O=C1CCC(C(=O)N2CC3(CC3)C[C@@H]2C(=O)NCCOc2ccc(F)cc2)N1. The highest BCUT2D eigenvalue weighted by atomic mass is 19.1. The molecule has 2 atom stereocenters. The number of hydrogen-bond donors (Lipinski definition) is 2. The second-order valence-electron chi connectivity index (χ2n) is 7.94. The molecule has 2 heterocycles. The Morgan fingerprint density at radius 1 is 1.29 bits per heavy atom. The average Bonchev–Trinajstić information content (AvgIpc) is 3.11. The van der Waals surface area contributed by atoms with Crippen LogP contribution < -0.4 is 15.4 Å². The molecular formula is C20H24FN3O4. The van der Waals surface area contributed by atoms with Gasteiger partial charge in [-0.25, -0.2) is 4.39 Å². The minimum Gasteiger partial charge on any atom is -0.492 e. The fourth-order valence-electron chi connectivity index (χ4n) is 4.05. The molecule has 1 aromatic rings. The van der Waals surface area contributed by atoms with Gasteiger partial charge >= 0.3 is 0 Å². The van der Waals surface area contributed by atoms with Crippen LogP contribution in [0.3, 0.4) is 0 Å². The summed E-state index contributed by atoms with van der Waals surface area (Å²) in [6, 6.07) is 4.67. The largest absolute Gasteiger partial charge is 0.492 e. The Hall–Kier alpha value is -2.64. The summed E-state index contributed by atoms with van der Waals surface area (Å²) in [5, 5.41) is 5.54. The van der Waals surface area contributed by atoms with Gasteiger partial charge in [-0.1, -0.05) is 0 Å². The lowest BCUT2D eigenvalue weighted by molar-refractivity contribution is -0.140. The summed E-state index contributed by atoms with van der Waals surface area (Å²) in [4.78, 5) is 38.6. The molecule has 0 bridgehead atoms. The van der Waals surface area contributed by atoms with E-state index in [1.165, 1.54) is 24.3 Å². The third-order valence-corrected chi connectivity index (χ3v) is 5.83. The third-order valence-electron chi connectivity index (χ3n) is 5.83. The first kappa shape index (κ1) is 18.7. The number of rotatable bonds is 6. The molecule has 150 valence electrons. The van der Waals surface area contributed by atoms with Gasteiger partial charge in [0.15, 0.2) is 0 Å². The van der Waals surface area contributed by atoms with Crippen molar-refractivity contribution in [3.05, 3.63) is 30.1 Å². The van der Waals surface area contributed by atoms with Crippen LogP contribution in [0.15, 0.2) is 24.3 Å². The molecule has 2 aliphatic heterocycles. The Balaban J connectivity index is 1.30. The highest BCUT2D eigenvalue weighted by molar-refractivity contribution is 5.94. The average molecular weight is 389 g/mol. The van der Waals surface area contributed by atoms with Crippen LogP contribution in [0.1, 0.15) is 32.1 Å². The zero-order valence-electron chi connectivity index (χ0n) is 15.6. The summed E-state index contributed by atoms with van der Waals surface area (Å²) in [5.74, 6) is -0.263. The molecule has 3 amide bonds. The van der Waals surface area contributed by atoms with E-state index in [2.05, 4.69) is 10.6 Å².